The Hall–Kier alpha value is -0.830. The molecular formula is C13H21O4P. The van der Waals surface area contributed by atoms with Crippen LogP contribution in [-0.4, -0.2) is 9.79 Å². The normalized spacial score (nSPS) is 11.6. The maximum absolute atomic E-state index is 11.0. The summed E-state index contributed by atoms with van der Waals surface area (Å²) in [6.07, 6.45) is 3.78. The lowest BCUT2D eigenvalue weighted by atomic mass is 9.95. The molecule has 0 saturated carbocycles. The SMILES string of the molecule is CCCCc1c(C)ccc(OP(=O)(O)O)c1CC. The average Bonchev–Trinajstić information content (AvgIpc) is 2.27. The molecule has 0 bridgehead atoms. The van der Waals surface area contributed by atoms with Crippen molar-refractivity contribution in [1.29, 1.82) is 0 Å². The first-order chi connectivity index (χ1) is 8.39. The van der Waals surface area contributed by atoms with E-state index >= 15 is 0 Å². The third kappa shape index (κ3) is 4.13. The van der Waals surface area contributed by atoms with Gasteiger partial charge < -0.3 is 4.52 Å². The fourth-order valence-corrected chi connectivity index (χ4v) is 2.52. The molecule has 1 aromatic carbocycles. The number of benzene rings is 1. The second-order valence-corrected chi connectivity index (χ2v) is 5.54. The fourth-order valence-electron chi connectivity index (χ4n) is 2.09. The van der Waals surface area contributed by atoms with Crippen LogP contribution in [-0.2, 0) is 17.4 Å². The third-order valence-electron chi connectivity index (χ3n) is 2.97. The van der Waals surface area contributed by atoms with E-state index in [4.69, 9.17) is 14.3 Å². The molecule has 0 heterocycles. The van der Waals surface area contributed by atoms with E-state index in [1.807, 2.05) is 19.9 Å². The van der Waals surface area contributed by atoms with Crippen molar-refractivity contribution in [2.24, 2.45) is 0 Å². The lowest BCUT2D eigenvalue weighted by Crippen LogP contribution is -2.01. The molecule has 0 aliphatic rings. The van der Waals surface area contributed by atoms with Crippen LogP contribution in [0.5, 0.6) is 5.75 Å². The number of phosphoric ester groups is 1. The largest absolute Gasteiger partial charge is 0.524 e. The minimum absolute atomic E-state index is 0.308. The van der Waals surface area contributed by atoms with Crippen LogP contribution in [0.1, 0.15) is 43.4 Å². The lowest BCUT2D eigenvalue weighted by molar-refractivity contribution is 0.282. The van der Waals surface area contributed by atoms with Gasteiger partial charge in [-0.2, -0.15) is 0 Å². The van der Waals surface area contributed by atoms with Crippen LogP contribution in [0.25, 0.3) is 0 Å². The molecular weight excluding hydrogens is 251 g/mol. The number of hydrogen-bond acceptors (Lipinski definition) is 2. The summed E-state index contributed by atoms with van der Waals surface area (Å²) in [7, 11) is -4.49. The zero-order chi connectivity index (χ0) is 13.8. The smallest absolute Gasteiger partial charge is 0.404 e. The van der Waals surface area contributed by atoms with Crippen LogP contribution >= 0.6 is 7.82 Å². The molecule has 0 amide bonds. The summed E-state index contributed by atoms with van der Waals surface area (Å²) in [6, 6.07) is 3.50. The van der Waals surface area contributed by atoms with Gasteiger partial charge in [-0.3, -0.25) is 9.79 Å². The van der Waals surface area contributed by atoms with Gasteiger partial charge in [-0.15, -0.1) is 0 Å². The summed E-state index contributed by atoms with van der Waals surface area (Å²) in [5, 5.41) is 0. The Balaban J connectivity index is 3.16. The minimum atomic E-state index is -4.49. The molecule has 0 fully saturated rings. The highest BCUT2D eigenvalue weighted by Gasteiger charge is 2.20. The molecule has 0 atom stereocenters. The average molecular weight is 272 g/mol. The highest BCUT2D eigenvalue weighted by Crippen LogP contribution is 2.40. The summed E-state index contributed by atoms with van der Waals surface area (Å²) >= 11 is 0. The van der Waals surface area contributed by atoms with Crippen molar-refractivity contribution < 1.29 is 18.9 Å². The van der Waals surface area contributed by atoms with Crippen molar-refractivity contribution in [2.75, 3.05) is 0 Å². The molecule has 102 valence electrons. The zero-order valence-electron chi connectivity index (χ0n) is 11.1. The van der Waals surface area contributed by atoms with Gasteiger partial charge in [-0.25, -0.2) is 4.57 Å². The first-order valence-corrected chi connectivity index (χ1v) is 7.78. The lowest BCUT2D eigenvalue weighted by Gasteiger charge is -2.17. The molecule has 0 aromatic heterocycles. The third-order valence-corrected chi connectivity index (χ3v) is 3.41. The van der Waals surface area contributed by atoms with Gasteiger partial charge >= 0.3 is 7.82 Å². The summed E-state index contributed by atoms with van der Waals surface area (Å²) in [5.74, 6) is 0.308. The molecule has 0 spiro atoms. The van der Waals surface area contributed by atoms with Crippen molar-refractivity contribution in [3.05, 3.63) is 28.8 Å². The van der Waals surface area contributed by atoms with Crippen LogP contribution in [0.3, 0.4) is 0 Å². The standard InChI is InChI=1S/C13H21O4P/c1-4-6-7-12-10(3)8-9-13(11(12)5-2)17-18(14,15)16/h8-9H,4-7H2,1-3H3,(H2,14,15,16). The summed E-state index contributed by atoms with van der Waals surface area (Å²) in [4.78, 5) is 17.8. The Morgan fingerprint density at radius 2 is 1.89 bits per heavy atom. The molecule has 5 heteroatoms. The van der Waals surface area contributed by atoms with E-state index in [1.165, 1.54) is 0 Å². The highest BCUT2D eigenvalue weighted by atomic mass is 31.2. The van der Waals surface area contributed by atoms with E-state index in [0.29, 0.717) is 12.2 Å². The van der Waals surface area contributed by atoms with Gasteiger partial charge in [0, 0.05) is 0 Å². The van der Waals surface area contributed by atoms with Crippen LogP contribution in [0.15, 0.2) is 12.1 Å². The van der Waals surface area contributed by atoms with E-state index in [0.717, 1.165) is 36.0 Å². The van der Waals surface area contributed by atoms with Crippen LogP contribution < -0.4 is 4.52 Å². The maximum atomic E-state index is 11.0. The number of phosphoric acid groups is 1. The summed E-state index contributed by atoms with van der Waals surface area (Å²) < 4.78 is 15.7. The first kappa shape index (κ1) is 15.2. The number of rotatable bonds is 6. The topological polar surface area (TPSA) is 66.8 Å². The van der Waals surface area contributed by atoms with Gasteiger partial charge in [0.05, 0.1) is 0 Å². The summed E-state index contributed by atoms with van der Waals surface area (Å²) in [5.41, 5.74) is 3.22. The van der Waals surface area contributed by atoms with Gasteiger partial charge in [0.1, 0.15) is 5.75 Å². The second-order valence-electron chi connectivity index (χ2n) is 4.38. The number of hydrogen-bond donors (Lipinski definition) is 2. The Labute approximate surface area is 108 Å². The van der Waals surface area contributed by atoms with Crippen LogP contribution in [0.4, 0.5) is 0 Å². The van der Waals surface area contributed by atoms with E-state index in [-0.39, 0.29) is 0 Å². The number of aryl methyl sites for hydroxylation is 1. The molecule has 1 rings (SSSR count). The zero-order valence-corrected chi connectivity index (χ0v) is 12.0. The highest BCUT2D eigenvalue weighted by molar-refractivity contribution is 7.46. The van der Waals surface area contributed by atoms with Crippen molar-refractivity contribution in [3.63, 3.8) is 0 Å². The van der Waals surface area contributed by atoms with Gasteiger partial charge in [0.25, 0.3) is 0 Å². The molecule has 2 N–H and O–H groups in total. The van der Waals surface area contributed by atoms with Crippen LogP contribution in [0.2, 0.25) is 0 Å². The van der Waals surface area contributed by atoms with Crippen molar-refractivity contribution in [2.45, 2.75) is 46.5 Å². The first-order valence-electron chi connectivity index (χ1n) is 6.25. The monoisotopic (exact) mass is 272 g/mol. The van der Waals surface area contributed by atoms with Crippen LogP contribution in [0, 0.1) is 6.92 Å². The Morgan fingerprint density at radius 1 is 1.22 bits per heavy atom. The fraction of sp³-hybridized carbons (Fsp3) is 0.538. The quantitative estimate of drug-likeness (QED) is 0.779. The van der Waals surface area contributed by atoms with Crippen molar-refractivity contribution in [3.8, 4) is 5.75 Å². The summed E-state index contributed by atoms with van der Waals surface area (Å²) in [6.45, 7) is 6.11. The van der Waals surface area contributed by atoms with E-state index < -0.39 is 7.82 Å². The molecule has 0 unspecified atom stereocenters. The molecule has 4 nitrogen and oxygen atoms in total. The molecule has 18 heavy (non-hydrogen) atoms. The Bertz CT molecular complexity index is 451. The molecule has 0 aliphatic carbocycles. The van der Waals surface area contributed by atoms with Crippen molar-refractivity contribution >= 4 is 7.82 Å². The van der Waals surface area contributed by atoms with E-state index in [9.17, 15) is 4.57 Å². The number of unbranched alkanes of at least 4 members (excludes halogenated alkanes) is 1. The molecule has 0 aliphatic heterocycles. The predicted molar refractivity (Wildman–Crippen MR) is 71.8 cm³/mol. The minimum Gasteiger partial charge on any atom is -0.404 e. The Morgan fingerprint density at radius 3 is 2.39 bits per heavy atom. The second kappa shape index (κ2) is 6.37. The van der Waals surface area contributed by atoms with Crippen molar-refractivity contribution in [1.82, 2.24) is 0 Å². The van der Waals surface area contributed by atoms with E-state index in [1.54, 1.807) is 6.07 Å². The maximum Gasteiger partial charge on any atom is 0.524 e. The Kier molecular flexibility index (Phi) is 5.39. The van der Waals surface area contributed by atoms with Gasteiger partial charge in [-0.1, -0.05) is 26.3 Å². The molecule has 0 radical (unpaired) electrons. The van der Waals surface area contributed by atoms with Gasteiger partial charge in [0.2, 0.25) is 0 Å². The van der Waals surface area contributed by atoms with Gasteiger partial charge in [-0.05, 0) is 48.9 Å². The molecule has 0 saturated heterocycles. The van der Waals surface area contributed by atoms with Gasteiger partial charge in [0.15, 0.2) is 0 Å². The van der Waals surface area contributed by atoms with E-state index in [2.05, 4.69) is 6.92 Å². The predicted octanol–water partition coefficient (Wildman–Crippen LogP) is 3.37. The molecule has 1 aromatic rings.